The van der Waals surface area contributed by atoms with E-state index in [1.54, 1.807) is 0 Å². The molecule has 1 aliphatic rings. The number of nitrogens with zero attached hydrogens (tertiary/aromatic N) is 2. The molecule has 2 atom stereocenters. The average molecular weight is 194 g/mol. The summed E-state index contributed by atoms with van der Waals surface area (Å²) in [7, 11) is 2.21. The van der Waals surface area contributed by atoms with Gasteiger partial charge in [0.15, 0.2) is 0 Å². The first kappa shape index (κ1) is 11.5. The number of hydrogen-bond donors (Lipinski definition) is 0. The highest BCUT2D eigenvalue weighted by molar-refractivity contribution is 4.76. The van der Waals surface area contributed by atoms with E-state index in [1.807, 2.05) is 0 Å². The lowest BCUT2D eigenvalue weighted by Crippen LogP contribution is -2.19. The van der Waals surface area contributed by atoms with Crippen molar-refractivity contribution < 1.29 is 0 Å². The fraction of sp³-hybridized carbons (Fsp3) is 0.917. The molecule has 0 aromatic rings. The van der Waals surface area contributed by atoms with Crippen molar-refractivity contribution in [3.63, 3.8) is 0 Å². The molecule has 1 saturated heterocycles. The Morgan fingerprint density at radius 3 is 2.93 bits per heavy atom. The van der Waals surface area contributed by atoms with Gasteiger partial charge in [0.05, 0.1) is 6.07 Å². The largest absolute Gasteiger partial charge is 0.306 e. The van der Waals surface area contributed by atoms with Gasteiger partial charge in [-0.1, -0.05) is 6.92 Å². The van der Waals surface area contributed by atoms with E-state index in [9.17, 15) is 0 Å². The van der Waals surface area contributed by atoms with Gasteiger partial charge in [-0.15, -0.1) is 0 Å². The second-order valence-electron chi connectivity index (χ2n) is 4.67. The maximum atomic E-state index is 8.55. The molecule has 0 aromatic heterocycles. The van der Waals surface area contributed by atoms with E-state index in [4.69, 9.17) is 5.26 Å². The monoisotopic (exact) mass is 194 g/mol. The van der Waals surface area contributed by atoms with Crippen LogP contribution in [0.4, 0.5) is 0 Å². The molecule has 1 aliphatic heterocycles. The third kappa shape index (κ3) is 3.67. The fourth-order valence-electron chi connectivity index (χ4n) is 2.36. The summed E-state index contributed by atoms with van der Waals surface area (Å²) in [6.07, 6.45) is 5.83. The van der Waals surface area contributed by atoms with Gasteiger partial charge in [-0.25, -0.2) is 0 Å². The van der Waals surface area contributed by atoms with Crippen LogP contribution in [-0.2, 0) is 0 Å². The summed E-state index contributed by atoms with van der Waals surface area (Å²) < 4.78 is 0. The van der Waals surface area contributed by atoms with Gasteiger partial charge in [0.25, 0.3) is 0 Å². The van der Waals surface area contributed by atoms with Gasteiger partial charge in [-0.3, -0.25) is 0 Å². The first-order valence-electron chi connectivity index (χ1n) is 5.79. The van der Waals surface area contributed by atoms with Crippen LogP contribution in [-0.4, -0.2) is 25.0 Å². The number of likely N-dealkylation sites (tertiary alicyclic amines) is 1. The van der Waals surface area contributed by atoms with Gasteiger partial charge in [-0.05, 0) is 57.7 Å². The third-order valence-corrected chi connectivity index (χ3v) is 3.51. The maximum Gasteiger partial charge on any atom is 0.0621 e. The normalized spacial score (nSPS) is 26.5. The molecule has 2 unspecified atom stereocenters. The zero-order chi connectivity index (χ0) is 10.4. The summed E-state index contributed by atoms with van der Waals surface area (Å²) >= 11 is 0. The lowest BCUT2D eigenvalue weighted by atomic mass is 9.85. The van der Waals surface area contributed by atoms with Crippen molar-refractivity contribution in [2.45, 2.75) is 39.0 Å². The average Bonchev–Trinajstić information content (AvgIpc) is 2.39. The molecule has 0 aromatic carbocycles. The lowest BCUT2D eigenvalue weighted by Gasteiger charge is -2.21. The Kier molecular flexibility index (Phi) is 4.97. The molecule has 2 nitrogen and oxygen atoms in total. The van der Waals surface area contributed by atoms with Crippen LogP contribution in [0.3, 0.4) is 0 Å². The molecule has 0 saturated carbocycles. The van der Waals surface area contributed by atoms with Crippen molar-refractivity contribution >= 4 is 0 Å². The topological polar surface area (TPSA) is 27.0 Å². The minimum Gasteiger partial charge on any atom is -0.306 e. The number of hydrogen-bond acceptors (Lipinski definition) is 2. The van der Waals surface area contributed by atoms with Crippen molar-refractivity contribution in [3.05, 3.63) is 0 Å². The smallest absolute Gasteiger partial charge is 0.0621 e. The Bertz CT molecular complexity index is 195. The predicted octanol–water partition coefficient (Wildman–Crippen LogP) is 2.66. The quantitative estimate of drug-likeness (QED) is 0.690. The van der Waals surface area contributed by atoms with Crippen molar-refractivity contribution in [1.29, 1.82) is 5.26 Å². The third-order valence-electron chi connectivity index (χ3n) is 3.51. The SMILES string of the molecule is CC(CCC#N)C1CCCN(C)CC1. The van der Waals surface area contributed by atoms with Crippen LogP contribution in [0.1, 0.15) is 39.0 Å². The highest BCUT2D eigenvalue weighted by Crippen LogP contribution is 2.27. The van der Waals surface area contributed by atoms with Crippen LogP contribution in [0, 0.1) is 23.2 Å². The van der Waals surface area contributed by atoms with Gasteiger partial charge in [-0.2, -0.15) is 5.26 Å². The van der Waals surface area contributed by atoms with E-state index in [0.717, 1.165) is 24.7 Å². The zero-order valence-corrected chi connectivity index (χ0v) is 9.50. The van der Waals surface area contributed by atoms with Crippen molar-refractivity contribution in [2.75, 3.05) is 20.1 Å². The molecule has 0 aliphatic carbocycles. The molecule has 0 amide bonds. The molecule has 2 heteroatoms. The van der Waals surface area contributed by atoms with Crippen molar-refractivity contribution in [1.82, 2.24) is 4.90 Å². The molecule has 0 bridgehead atoms. The Morgan fingerprint density at radius 1 is 1.43 bits per heavy atom. The van der Waals surface area contributed by atoms with Crippen molar-refractivity contribution in [3.8, 4) is 6.07 Å². The molecule has 1 fully saturated rings. The summed E-state index contributed by atoms with van der Waals surface area (Å²) in [5.41, 5.74) is 0. The summed E-state index contributed by atoms with van der Waals surface area (Å²) in [5.74, 6) is 1.59. The van der Waals surface area contributed by atoms with Gasteiger partial charge >= 0.3 is 0 Å². The molecule has 80 valence electrons. The molecule has 1 rings (SSSR count). The molecule has 0 spiro atoms. The van der Waals surface area contributed by atoms with Crippen LogP contribution in [0.25, 0.3) is 0 Å². The van der Waals surface area contributed by atoms with E-state index >= 15 is 0 Å². The number of rotatable bonds is 3. The molecule has 0 radical (unpaired) electrons. The summed E-state index contributed by atoms with van der Waals surface area (Å²) in [6.45, 7) is 4.80. The van der Waals surface area contributed by atoms with E-state index in [0.29, 0.717) is 0 Å². The Labute approximate surface area is 87.9 Å². The molecule has 1 heterocycles. The first-order valence-corrected chi connectivity index (χ1v) is 5.79. The van der Waals surface area contributed by atoms with Gasteiger partial charge < -0.3 is 4.90 Å². The summed E-state index contributed by atoms with van der Waals surface area (Å²) in [5, 5.41) is 8.55. The van der Waals surface area contributed by atoms with Crippen LogP contribution in [0.5, 0.6) is 0 Å². The fourth-order valence-corrected chi connectivity index (χ4v) is 2.36. The molecular formula is C12H22N2. The van der Waals surface area contributed by atoms with Gasteiger partial charge in [0.1, 0.15) is 0 Å². The summed E-state index contributed by atoms with van der Waals surface area (Å²) in [4.78, 5) is 2.43. The van der Waals surface area contributed by atoms with Crippen LogP contribution >= 0.6 is 0 Å². The Hall–Kier alpha value is -0.550. The number of nitriles is 1. The van der Waals surface area contributed by atoms with Gasteiger partial charge in [0.2, 0.25) is 0 Å². The zero-order valence-electron chi connectivity index (χ0n) is 9.50. The molecule has 14 heavy (non-hydrogen) atoms. The van der Waals surface area contributed by atoms with Crippen LogP contribution < -0.4 is 0 Å². The van der Waals surface area contributed by atoms with Crippen LogP contribution in [0.15, 0.2) is 0 Å². The predicted molar refractivity (Wildman–Crippen MR) is 58.8 cm³/mol. The second kappa shape index (κ2) is 6.03. The minimum atomic E-state index is 0.730. The van der Waals surface area contributed by atoms with E-state index in [2.05, 4.69) is 24.9 Å². The minimum absolute atomic E-state index is 0.730. The van der Waals surface area contributed by atoms with Gasteiger partial charge in [0, 0.05) is 6.42 Å². The Morgan fingerprint density at radius 2 is 2.21 bits per heavy atom. The maximum absolute atomic E-state index is 8.55. The highest BCUT2D eigenvalue weighted by atomic mass is 15.1. The lowest BCUT2D eigenvalue weighted by molar-refractivity contribution is 0.294. The standard InChI is InChI=1S/C12H22N2/c1-11(5-3-8-13)12-6-4-9-14(2)10-7-12/h11-12H,3-7,9-10H2,1-2H3. The van der Waals surface area contributed by atoms with Crippen LogP contribution in [0.2, 0.25) is 0 Å². The molecule has 0 N–H and O–H groups in total. The first-order chi connectivity index (χ1) is 6.74. The summed E-state index contributed by atoms with van der Waals surface area (Å²) in [6, 6.07) is 2.25. The molecular weight excluding hydrogens is 172 g/mol. The van der Waals surface area contributed by atoms with E-state index in [1.165, 1.54) is 32.4 Å². The second-order valence-corrected chi connectivity index (χ2v) is 4.67. The highest BCUT2D eigenvalue weighted by Gasteiger charge is 2.19. The van der Waals surface area contributed by atoms with E-state index in [-0.39, 0.29) is 0 Å². The van der Waals surface area contributed by atoms with E-state index < -0.39 is 0 Å². The Balaban J connectivity index is 2.32. The van der Waals surface area contributed by atoms with Crippen molar-refractivity contribution in [2.24, 2.45) is 11.8 Å².